The number of ether oxygens (including phenoxy) is 1. The van der Waals surface area contributed by atoms with Crippen LogP contribution < -0.4 is 10.4 Å². The van der Waals surface area contributed by atoms with Gasteiger partial charge in [-0.05, 0) is 29.3 Å². The Morgan fingerprint density at radius 1 is 0.938 bits per heavy atom. The third-order valence-electron chi connectivity index (χ3n) is 4.36. The van der Waals surface area contributed by atoms with Crippen molar-refractivity contribution in [3.63, 3.8) is 0 Å². The van der Waals surface area contributed by atoms with E-state index in [1.807, 2.05) is 0 Å². The number of halogens is 6. The predicted octanol–water partition coefficient (Wildman–Crippen LogP) is 3.28. The molecular formula is C21H18F6NO4-. The van der Waals surface area contributed by atoms with Gasteiger partial charge in [-0.15, -0.1) is 0 Å². The molecule has 0 saturated carbocycles. The average molecular weight is 462 g/mol. The van der Waals surface area contributed by atoms with Gasteiger partial charge in [-0.3, -0.25) is 4.79 Å². The topological polar surface area (TPSA) is 78.5 Å². The molecule has 11 heteroatoms. The summed E-state index contributed by atoms with van der Waals surface area (Å²) in [5.74, 6) is -2.91. The monoisotopic (exact) mass is 462 g/mol. The molecule has 2 aromatic carbocycles. The molecule has 5 nitrogen and oxygen atoms in total. The summed E-state index contributed by atoms with van der Waals surface area (Å²) < 4.78 is 83.2. The number of aliphatic carboxylic acids is 1. The van der Waals surface area contributed by atoms with Gasteiger partial charge >= 0.3 is 12.4 Å². The van der Waals surface area contributed by atoms with Crippen LogP contribution in [0.25, 0.3) is 0 Å². The minimum atomic E-state index is -4.97. The molecule has 2 rings (SSSR count). The molecule has 0 radical (unpaired) electrons. The number of nitrogens with one attached hydrogen (secondary N) is 1. The Morgan fingerprint density at radius 3 is 2.00 bits per heavy atom. The highest BCUT2D eigenvalue weighted by atomic mass is 19.4. The number of carboxylic acid groups (broad SMARTS) is 1. The zero-order valence-corrected chi connectivity index (χ0v) is 16.4. The Bertz CT molecular complexity index is 896. The molecule has 0 aromatic heterocycles. The van der Waals surface area contributed by atoms with Gasteiger partial charge in [0.2, 0.25) is 5.91 Å². The minimum Gasteiger partial charge on any atom is -0.550 e. The molecular weight excluding hydrogens is 444 g/mol. The number of rotatable bonds is 9. The fraction of sp³-hybridized carbons (Fsp3) is 0.333. The maximum atomic E-state index is 13.0. The van der Waals surface area contributed by atoms with Gasteiger partial charge in [-0.1, -0.05) is 30.3 Å². The number of benzene rings is 2. The first kappa shape index (κ1) is 25.2. The van der Waals surface area contributed by atoms with Gasteiger partial charge in [0.25, 0.3) is 0 Å². The third kappa shape index (κ3) is 7.88. The molecule has 1 unspecified atom stereocenters. The van der Waals surface area contributed by atoms with Crippen molar-refractivity contribution in [3.8, 4) is 0 Å². The highest BCUT2D eigenvalue weighted by Gasteiger charge is 2.36. The number of hydrogen-bond donors (Lipinski definition) is 1. The van der Waals surface area contributed by atoms with E-state index >= 15 is 0 Å². The van der Waals surface area contributed by atoms with Gasteiger partial charge in [0.05, 0.1) is 36.7 Å². The molecule has 0 heterocycles. The summed E-state index contributed by atoms with van der Waals surface area (Å²) in [6.45, 7) is -0.761. The van der Waals surface area contributed by atoms with Gasteiger partial charge in [0.15, 0.2) is 0 Å². The lowest BCUT2D eigenvalue weighted by Gasteiger charge is -2.19. The highest BCUT2D eigenvalue weighted by Crippen LogP contribution is 2.36. The Morgan fingerprint density at radius 2 is 1.50 bits per heavy atom. The van der Waals surface area contributed by atoms with Gasteiger partial charge in [0, 0.05) is 12.5 Å². The van der Waals surface area contributed by atoms with Crippen molar-refractivity contribution in [1.82, 2.24) is 5.32 Å². The van der Waals surface area contributed by atoms with Gasteiger partial charge < -0.3 is 20.0 Å². The number of carboxylic acids is 1. The van der Waals surface area contributed by atoms with Crippen LogP contribution >= 0.6 is 0 Å². The second-order valence-corrected chi connectivity index (χ2v) is 6.89. The van der Waals surface area contributed by atoms with Crippen LogP contribution in [0.2, 0.25) is 0 Å². The fourth-order valence-electron chi connectivity index (χ4n) is 2.85. The number of alkyl halides is 6. The van der Waals surface area contributed by atoms with E-state index in [4.69, 9.17) is 4.74 Å². The van der Waals surface area contributed by atoms with Crippen LogP contribution in [-0.2, 0) is 33.3 Å². The van der Waals surface area contributed by atoms with Gasteiger partial charge in [-0.2, -0.15) is 26.3 Å². The zero-order valence-electron chi connectivity index (χ0n) is 16.4. The summed E-state index contributed by atoms with van der Waals surface area (Å²) in [5.41, 5.74) is -2.54. The number of hydrogen-bond acceptors (Lipinski definition) is 4. The van der Waals surface area contributed by atoms with Crippen LogP contribution in [0.15, 0.2) is 48.5 Å². The molecule has 1 atom stereocenters. The van der Waals surface area contributed by atoms with E-state index in [1.54, 1.807) is 30.3 Å². The molecule has 0 bridgehead atoms. The molecule has 0 spiro atoms. The van der Waals surface area contributed by atoms with E-state index in [-0.39, 0.29) is 24.8 Å². The smallest absolute Gasteiger partial charge is 0.416 e. The lowest BCUT2D eigenvalue weighted by atomic mass is 10.00. The Kier molecular flexibility index (Phi) is 8.25. The standard InChI is InChI=1S/C21H19F6NO4/c22-20(23,24)16-6-13(7-17(8-16)21(25,26)27)11-32-12-15(14-4-2-1-3-5-14)10-28-18(29)9-19(30)31/h1-8,15H,9-12H2,(H,28,29)(H,30,31)/p-1. The van der Waals surface area contributed by atoms with Crippen LogP contribution in [-0.4, -0.2) is 25.0 Å². The average Bonchev–Trinajstić information content (AvgIpc) is 2.69. The molecule has 1 N–H and O–H groups in total. The molecule has 32 heavy (non-hydrogen) atoms. The SMILES string of the molecule is O=C([O-])CC(=O)NCC(COCc1cc(C(F)(F)F)cc(C(F)(F)F)c1)c1ccccc1. The number of amides is 1. The molecule has 1 amide bonds. The zero-order chi connectivity index (χ0) is 23.9. The maximum absolute atomic E-state index is 13.0. The van der Waals surface area contributed by atoms with Crippen LogP contribution in [0.5, 0.6) is 0 Å². The molecule has 0 aliphatic heterocycles. The summed E-state index contributed by atoms with van der Waals surface area (Å²) in [5, 5.41) is 12.9. The molecule has 0 fully saturated rings. The van der Waals surface area contributed by atoms with Crippen molar-refractivity contribution < 1.29 is 45.8 Å². The fourth-order valence-corrected chi connectivity index (χ4v) is 2.85. The molecule has 174 valence electrons. The van der Waals surface area contributed by atoms with Crippen molar-refractivity contribution in [1.29, 1.82) is 0 Å². The predicted molar refractivity (Wildman–Crippen MR) is 97.9 cm³/mol. The molecule has 0 aliphatic carbocycles. The van der Waals surface area contributed by atoms with Crippen LogP contribution in [0.1, 0.15) is 34.6 Å². The van der Waals surface area contributed by atoms with E-state index in [0.717, 1.165) is 0 Å². The first-order chi connectivity index (χ1) is 14.9. The van der Waals surface area contributed by atoms with Crippen LogP contribution in [0.3, 0.4) is 0 Å². The number of carbonyl (C=O) groups is 2. The summed E-state index contributed by atoms with van der Waals surface area (Å²) in [4.78, 5) is 22.1. The Balaban J connectivity index is 2.13. The molecule has 2 aromatic rings. The lowest BCUT2D eigenvalue weighted by Crippen LogP contribution is -2.35. The summed E-state index contributed by atoms with van der Waals surface area (Å²) in [7, 11) is 0. The Labute approximate surface area is 179 Å². The van der Waals surface area contributed by atoms with E-state index in [2.05, 4.69) is 5.32 Å². The summed E-state index contributed by atoms with van der Waals surface area (Å²) >= 11 is 0. The van der Waals surface area contributed by atoms with Crippen molar-refractivity contribution in [2.75, 3.05) is 13.2 Å². The van der Waals surface area contributed by atoms with Gasteiger partial charge in [-0.25, -0.2) is 0 Å². The third-order valence-corrected chi connectivity index (χ3v) is 4.36. The summed E-state index contributed by atoms with van der Waals surface area (Å²) in [6, 6.07) is 9.65. The second kappa shape index (κ2) is 10.5. The molecule has 0 aliphatic rings. The van der Waals surface area contributed by atoms with Crippen molar-refractivity contribution >= 4 is 11.9 Å². The minimum absolute atomic E-state index is 0.0309. The van der Waals surface area contributed by atoms with E-state index < -0.39 is 54.3 Å². The lowest BCUT2D eigenvalue weighted by molar-refractivity contribution is -0.304. The largest absolute Gasteiger partial charge is 0.550 e. The van der Waals surface area contributed by atoms with Crippen molar-refractivity contribution in [2.45, 2.75) is 31.3 Å². The quantitative estimate of drug-likeness (QED) is 0.458. The number of carbonyl (C=O) groups excluding carboxylic acids is 2. The first-order valence-corrected chi connectivity index (χ1v) is 9.24. The van der Waals surface area contributed by atoms with Crippen LogP contribution in [0, 0.1) is 0 Å². The molecule has 0 saturated heterocycles. The van der Waals surface area contributed by atoms with Crippen molar-refractivity contribution in [2.24, 2.45) is 0 Å². The Hall–Kier alpha value is -3.08. The first-order valence-electron chi connectivity index (χ1n) is 9.24. The maximum Gasteiger partial charge on any atom is 0.416 e. The van der Waals surface area contributed by atoms with Crippen LogP contribution in [0.4, 0.5) is 26.3 Å². The second-order valence-electron chi connectivity index (χ2n) is 6.89. The van der Waals surface area contributed by atoms with E-state index in [0.29, 0.717) is 17.7 Å². The highest BCUT2D eigenvalue weighted by molar-refractivity contribution is 5.92. The summed E-state index contributed by atoms with van der Waals surface area (Å²) in [6.07, 6.45) is -10.8. The van der Waals surface area contributed by atoms with E-state index in [9.17, 15) is 41.0 Å². The normalized spacial score (nSPS) is 12.9. The van der Waals surface area contributed by atoms with E-state index in [1.165, 1.54) is 0 Å². The van der Waals surface area contributed by atoms with Crippen molar-refractivity contribution in [3.05, 3.63) is 70.8 Å². The van der Waals surface area contributed by atoms with Gasteiger partial charge in [0.1, 0.15) is 0 Å².